The van der Waals surface area contributed by atoms with Crippen molar-refractivity contribution in [1.82, 2.24) is 28.6 Å². The van der Waals surface area contributed by atoms with Crippen molar-refractivity contribution in [3.05, 3.63) is 117 Å². The number of amides is 1. The molecule has 6 rings (SSSR count). The van der Waals surface area contributed by atoms with Crippen molar-refractivity contribution in [2.45, 2.75) is 154 Å². The molecule has 2 aliphatic rings. The van der Waals surface area contributed by atoms with Gasteiger partial charge < -0.3 is 33.9 Å². The van der Waals surface area contributed by atoms with Gasteiger partial charge in [0.1, 0.15) is 18.1 Å². The smallest absolute Gasteiger partial charge is 0.295 e. The summed E-state index contributed by atoms with van der Waals surface area (Å²) in [4.78, 5) is 30.0. The van der Waals surface area contributed by atoms with Crippen molar-refractivity contribution in [1.29, 1.82) is 0 Å². The number of nitrogens with one attached hydrogen (secondary N) is 1. The highest BCUT2D eigenvalue weighted by molar-refractivity contribution is 7.89. The van der Waals surface area contributed by atoms with Gasteiger partial charge in [-0.15, -0.1) is 0 Å². The van der Waals surface area contributed by atoms with Crippen LogP contribution < -0.4 is 14.8 Å². The van der Waals surface area contributed by atoms with Crippen molar-refractivity contribution in [2.24, 2.45) is 0 Å². The Morgan fingerprint density at radius 3 is 1.34 bits per heavy atom. The molecule has 4 atom stereocenters. The Morgan fingerprint density at radius 1 is 0.608 bits per heavy atom. The van der Waals surface area contributed by atoms with Gasteiger partial charge in [-0.1, -0.05) is 61.4 Å². The number of methoxy groups -OCH3 is 2. The Balaban J connectivity index is 0.000000282. The van der Waals surface area contributed by atoms with Gasteiger partial charge >= 0.3 is 0 Å². The second-order valence-corrected chi connectivity index (χ2v) is 25.2. The minimum Gasteiger partial charge on any atom is -0.497 e. The zero-order chi connectivity index (χ0) is 58.5. The van der Waals surface area contributed by atoms with Crippen LogP contribution in [0.2, 0.25) is 0 Å². The average Bonchev–Trinajstić information content (AvgIpc) is 3.42. The van der Waals surface area contributed by atoms with Gasteiger partial charge in [0.2, 0.25) is 26.0 Å². The molecule has 17 nitrogen and oxygen atoms in total. The summed E-state index contributed by atoms with van der Waals surface area (Å²) in [5, 5.41) is 3.19. The van der Waals surface area contributed by atoms with Crippen LogP contribution in [0.15, 0.2) is 82.6 Å². The highest BCUT2D eigenvalue weighted by Crippen LogP contribution is 2.30. The molecule has 4 aromatic carbocycles. The first-order valence-electron chi connectivity index (χ1n) is 27.5. The predicted octanol–water partition coefficient (Wildman–Crippen LogP) is 8.62. The summed E-state index contributed by atoms with van der Waals surface area (Å²) in [5.41, 5.74) is 7.64. The van der Waals surface area contributed by atoms with E-state index in [-0.39, 0.29) is 61.9 Å². The maximum atomic E-state index is 13.1. The van der Waals surface area contributed by atoms with Gasteiger partial charge in [0, 0.05) is 84.6 Å². The first-order chi connectivity index (χ1) is 37.5. The summed E-state index contributed by atoms with van der Waals surface area (Å²) >= 11 is 0. The first-order valence-corrected chi connectivity index (χ1v) is 30.4. The molecule has 0 spiro atoms. The molecule has 2 aliphatic heterocycles. The SMILES string of the molecule is CNCc1ccc(CN2[C@H](C)CCC[C@@H]2C)cc1.COc1cc(C)c(S(=O)(=O)N(C)CCOCC(=O)N(C)Cc2ccc(CN3[C@H](C)CCC[C@@H]3C)cc2)c(C)c1.COc1cc(C)c(S(=O)(=O)N(C)CCOCOC=O)c(C)c1. The highest BCUT2D eigenvalue weighted by Gasteiger charge is 2.28. The van der Waals surface area contributed by atoms with Crippen LogP contribution in [-0.4, -0.2) is 159 Å². The van der Waals surface area contributed by atoms with Crippen LogP contribution in [0.1, 0.15) is 111 Å². The van der Waals surface area contributed by atoms with Crippen molar-refractivity contribution in [3.8, 4) is 11.5 Å². The fourth-order valence-corrected chi connectivity index (χ4v) is 13.4. The standard InChI is InChI=1S/C30H45N3O5S.C16H26N2.C14H21NO6S/c1-22-17-28(37-7)18-23(2)30(22)39(35,36)32(6)15-16-38-21-29(34)31(5)19-26-11-13-27(14-12-26)20-33-24(3)9-8-10-25(33)4;1-13-5-4-6-14(2)18(13)12-16-9-7-15(8-10-16)11-17-3;1-11-7-13(19-4)8-12(2)14(11)22(17,18)15(3)5-6-20-10-21-9-16/h11-14,17-18,24-25H,8-10,15-16,19-21H2,1-7H3;7-10,13-14,17H,4-6,11-12H2,1-3H3;7-9H,5-6,10H2,1-4H3/t24-,25+;13-,14+;. The van der Waals surface area contributed by atoms with Crippen LogP contribution in [0.3, 0.4) is 0 Å². The number of rotatable bonds is 25. The summed E-state index contributed by atoms with van der Waals surface area (Å²) in [6.45, 7) is 20.3. The quantitative estimate of drug-likeness (QED) is 0.0379. The van der Waals surface area contributed by atoms with Crippen LogP contribution >= 0.6 is 0 Å². The Labute approximate surface area is 474 Å². The fourth-order valence-electron chi connectivity index (χ4n) is 10.3. The lowest BCUT2D eigenvalue weighted by molar-refractivity contribution is -0.140. The van der Waals surface area contributed by atoms with Gasteiger partial charge in [0.05, 0.1) is 37.2 Å². The van der Waals surface area contributed by atoms with E-state index in [9.17, 15) is 26.4 Å². The Morgan fingerprint density at radius 2 is 0.975 bits per heavy atom. The summed E-state index contributed by atoms with van der Waals surface area (Å²) in [5.74, 6) is 1.09. The number of likely N-dealkylation sites (N-methyl/N-ethyl adjacent to an activating group) is 3. The zero-order valence-corrected chi connectivity index (χ0v) is 51.3. The zero-order valence-electron chi connectivity index (χ0n) is 49.7. The molecule has 0 bridgehead atoms. The van der Waals surface area contributed by atoms with E-state index in [4.69, 9.17) is 18.9 Å². The summed E-state index contributed by atoms with van der Waals surface area (Å²) < 4.78 is 79.3. The van der Waals surface area contributed by atoms with Crippen LogP contribution in [0.25, 0.3) is 0 Å². The van der Waals surface area contributed by atoms with Gasteiger partial charge in [0.25, 0.3) is 6.47 Å². The third kappa shape index (κ3) is 19.9. The largest absolute Gasteiger partial charge is 0.497 e. The van der Waals surface area contributed by atoms with E-state index in [1.54, 1.807) is 71.0 Å². The second kappa shape index (κ2) is 32.5. The van der Waals surface area contributed by atoms with E-state index in [2.05, 4.69) is 96.1 Å². The van der Waals surface area contributed by atoms with Gasteiger partial charge in [-0.25, -0.2) is 16.8 Å². The molecule has 19 heteroatoms. The van der Waals surface area contributed by atoms with E-state index < -0.39 is 20.0 Å². The highest BCUT2D eigenvalue weighted by atomic mass is 32.2. The molecule has 1 amide bonds. The van der Waals surface area contributed by atoms with Gasteiger partial charge in [-0.05, 0) is 157 Å². The van der Waals surface area contributed by atoms with Gasteiger partial charge in [-0.2, -0.15) is 8.61 Å². The predicted molar refractivity (Wildman–Crippen MR) is 312 cm³/mol. The minimum absolute atomic E-state index is 0.103. The molecule has 0 aliphatic carbocycles. The molecule has 0 saturated carbocycles. The minimum atomic E-state index is -3.70. The lowest BCUT2D eigenvalue weighted by Crippen LogP contribution is -2.42. The van der Waals surface area contributed by atoms with E-state index >= 15 is 0 Å². The second-order valence-electron chi connectivity index (χ2n) is 21.2. The molecular formula is C60H92N6O11S2. The first kappa shape index (κ1) is 66.6. The maximum absolute atomic E-state index is 13.1. The van der Waals surface area contributed by atoms with Crippen LogP contribution in [-0.2, 0) is 70.0 Å². The lowest BCUT2D eigenvalue weighted by atomic mass is 9.96. The molecular weight excluding hydrogens is 1040 g/mol. The average molecular weight is 1140 g/mol. The Bertz CT molecular complexity index is 2680. The third-order valence-corrected chi connectivity index (χ3v) is 19.3. The Hall–Kier alpha value is -4.96. The number of carbonyl (C=O) groups excluding carboxylic acids is 2. The number of hydrogen-bond acceptors (Lipinski definition) is 14. The number of likely N-dealkylation sites (tertiary alicyclic amines) is 2. The maximum Gasteiger partial charge on any atom is 0.295 e. The van der Waals surface area contributed by atoms with Crippen LogP contribution in [0.5, 0.6) is 11.5 Å². The number of hydrogen-bond donors (Lipinski definition) is 1. The van der Waals surface area contributed by atoms with Crippen molar-refractivity contribution in [2.75, 3.05) is 82.1 Å². The topological polar surface area (TPSA) is 177 Å². The molecule has 79 heavy (non-hydrogen) atoms. The summed E-state index contributed by atoms with van der Waals surface area (Å²) in [7, 11) is 2.49. The number of aryl methyl sites for hydroxylation is 4. The molecule has 440 valence electrons. The number of piperidine rings is 2. The van der Waals surface area contributed by atoms with E-state index in [0.717, 1.165) is 37.3 Å². The van der Waals surface area contributed by atoms with E-state index in [1.165, 1.54) is 85.0 Å². The number of nitrogens with zero attached hydrogens (tertiary/aromatic N) is 5. The lowest BCUT2D eigenvalue weighted by Gasteiger charge is -2.39. The molecule has 2 saturated heterocycles. The Kier molecular flexibility index (Phi) is 27.4. The summed E-state index contributed by atoms with van der Waals surface area (Å²) in [6, 6.07) is 27.0. The van der Waals surface area contributed by atoms with Gasteiger partial charge in [-0.3, -0.25) is 19.4 Å². The molecule has 4 aromatic rings. The third-order valence-electron chi connectivity index (χ3n) is 15.0. The molecule has 0 aromatic heterocycles. The van der Waals surface area contributed by atoms with Crippen LogP contribution in [0.4, 0.5) is 0 Å². The molecule has 0 unspecified atom stereocenters. The van der Waals surface area contributed by atoms with Crippen molar-refractivity contribution in [3.63, 3.8) is 0 Å². The van der Waals surface area contributed by atoms with E-state index in [1.807, 2.05) is 7.05 Å². The summed E-state index contributed by atoms with van der Waals surface area (Å²) in [6.07, 6.45) is 7.90. The number of carbonyl (C=O) groups is 2. The number of sulfonamides is 2. The molecule has 2 fully saturated rings. The molecule has 1 N–H and O–H groups in total. The monoisotopic (exact) mass is 1140 g/mol. The number of ether oxygens (including phenoxy) is 5. The molecule has 0 radical (unpaired) electrons. The van der Waals surface area contributed by atoms with Crippen molar-refractivity contribution >= 4 is 32.4 Å². The van der Waals surface area contributed by atoms with Crippen LogP contribution in [0, 0.1) is 27.7 Å². The normalized spacial score (nSPS) is 18.0. The van der Waals surface area contributed by atoms with E-state index in [0.29, 0.717) is 52.4 Å². The number of benzene rings is 4. The fraction of sp³-hybridized carbons (Fsp3) is 0.567. The van der Waals surface area contributed by atoms with Crippen molar-refractivity contribution < 1.29 is 50.1 Å². The molecule has 2 heterocycles. The van der Waals surface area contributed by atoms with Gasteiger partial charge in [0.15, 0.2) is 6.79 Å².